The van der Waals surface area contributed by atoms with Gasteiger partial charge in [-0.25, -0.2) is 0 Å². The van der Waals surface area contributed by atoms with Gasteiger partial charge in [0.1, 0.15) is 5.54 Å². The van der Waals surface area contributed by atoms with Crippen LogP contribution in [0.4, 0.5) is 0 Å². The lowest BCUT2D eigenvalue weighted by Gasteiger charge is -2.23. The highest BCUT2D eigenvalue weighted by atomic mass is 16.5. The van der Waals surface area contributed by atoms with Gasteiger partial charge in [0.25, 0.3) is 0 Å². The fourth-order valence-corrected chi connectivity index (χ4v) is 3.80. The van der Waals surface area contributed by atoms with E-state index in [2.05, 4.69) is 0 Å². The molecule has 1 aliphatic carbocycles. The third-order valence-electron chi connectivity index (χ3n) is 4.47. The zero-order valence-corrected chi connectivity index (χ0v) is 9.65. The van der Waals surface area contributed by atoms with Crippen molar-refractivity contribution in [3.63, 3.8) is 0 Å². The third kappa shape index (κ3) is 1.32. The zero-order valence-electron chi connectivity index (χ0n) is 9.65. The monoisotopic (exact) mass is 225 g/mol. The molecule has 4 unspecified atom stereocenters. The van der Waals surface area contributed by atoms with E-state index in [0.717, 1.165) is 25.7 Å². The molecule has 2 N–H and O–H groups in total. The molecule has 1 saturated carbocycles. The average molecular weight is 225 g/mol. The van der Waals surface area contributed by atoms with Gasteiger partial charge in [0, 0.05) is 0 Å². The van der Waals surface area contributed by atoms with Gasteiger partial charge in [-0.1, -0.05) is 0 Å². The quantitative estimate of drug-likeness (QED) is 0.707. The minimum absolute atomic E-state index is 0.219. The van der Waals surface area contributed by atoms with Crippen LogP contribution in [0, 0.1) is 11.8 Å². The molecule has 0 aromatic heterocycles. The summed E-state index contributed by atoms with van der Waals surface area (Å²) < 4.78 is 10.9. The molecule has 4 heteroatoms. The van der Waals surface area contributed by atoms with Gasteiger partial charge in [-0.2, -0.15) is 0 Å². The van der Waals surface area contributed by atoms with Crippen LogP contribution in [0.3, 0.4) is 0 Å². The molecule has 0 amide bonds. The van der Waals surface area contributed by atoms with Gasteiger partial charge in [-0.15, -0.1) is 0 Å². The molecule has 0 radical (unpaired) electrons. The lowest BCUT2D eigenvalue weighted by Crippen LogP contribution is -2.47. The molecule has 16 heavy (non-hydrogen) atoms. The molecule has 90 valence electrons. The molecule has 2 aliphatic heterocycles. The van der Waals surface area contributed by atoms with Crippen LogP contribution >= 0.6 is 0 Å². The summed E-state index contributed by atoms with van der Waals surface area (Å²) in [6, 6.07) is 0. The Hall–Kier alpha value is -0.610. The molecule has 0 aromatic carbocycles. The van der Waals surface area contributed by atoms with Gasteiger partial charge >= 0.3 is 5.97 Å². The van der Waals surface area contributed by atoms with Crippen molar-refractivity contribution in [1.29, 1.82) is 0 Å². The molecule has 0 aromatic rings. The van der Waals surface area contributed by atoms with Crippen molar-refractivity contribution >= 4 is 5.97 Å². The van der Waals surface area contributed by atoms with E-state index >= 15 is 0 Å². The van der Waals surface area contributed by atoms with Crippen molar-refractivity contribution in [3.8, 4) is 0 Å². The van der Waals surface area contributed by atoms with Crippen molar-refractivity contribution in [2.75, 3.05) is 6.61 Å². The van der Waals surface area contributed by atoms with Gasteiger partial charge < -0.3 is 15.2 Å². The number of esters is 1. The zero-order chi connectivity index (χ0) is 11.3. The second-order valence-corrected chi connectivity index (χ2v) is 5.40. The van der Waals surface area contributed by atoms with Gasteiger partial charge in [-0.05, 0) is 44.4 Å². The Balaban J connectivity index is 1.75. The molecule has 4 atom stereocenters. The minimum atomic E-state index is -0.740. The standard InChI is InChI=1S/C12H19NO3/c1-2-15-11(14)12(13)5-7-8(6-12)10-4-3-9(7)16-10/h7-10H,2-6,13H2,1H3. The predicted octanol–water partition coefficient (Wildman–Crippen LogP) is 0.834. The molecular weight excluding hydrogens is 206 g/mol. The predicted molar refractivity (Wildman–Crippen MR) is 57.7 cm³/mol. The number of fused-ring (bicyclic) bond motifs is 5. The molecule has 3 aliphatic rings. The van der Waals surface area contributed by atoms with E-state index < -0.39 is 5.54 Å². The number of nitrogens with two attached hydrogens (primary N) is 1. The van der Waals surface area contributed by atoms with Crippen LogP contribution in [-0.4, -0.2) is 30.3 Å². The molecular formula is C12H19NO3. The Kier molecular flexibility index (Phi) is 2.27. The highest BCUT2D eigenvalue weighted by molar-refractivity contribution is 5.81. The Morgan fingerprint density at radius 1 is 1.38 bits per heavy atom. The van der Waals surface area contributed by atoms with Crippen LogP contribution in [0.15, 0.2) is 0 Å². The highest BCUT2D eigenvalue weighted by Crippen LogP contribution is 2.54. The van der Waals surface area contributed by atoms with Crippen LogP contribution in [0.5, 0.6) is 0 Å². The molecule has 2 heterocycles. The number of carbonyl (C=O) groups is 1. The number of hydrogen-bond acceptors (Lipinski definition) is 4. The first-order chi connectivity index (χ1) is 7.64. The molecule has 0 spiro atoms. The van der Waals surface area contributed by atoms with Crippen molar-refractivity contribution in [1.82, 2.24) is 0 Å². The second kappa shape index (κ2) is 3.44. The topological polar surface area (TPSA) is 61.5 Å². The van der Waals surface area contributed by atoms with Gasteiger partial charge in [0.15, 0.2) is 0 Å². The summed E-state index contributed by atoms with van der Waals surface area (Å²) in [4.78, 5) is 11.8. The number of ether oxygens (including phenoxy) is 2. The number of hydrogen-bond donors (Lipinski definition) is 1. The van der Waals surface area contributed by atoms with Crippen molar-refractivity contribution in [2.45, 2.75) is 50.4 Å². The van der Waals surface area contributed by atoms with E-state index in [0.29, 0.717) is 30.7 Å². The first-order valence-electron chi connectivity index (χ1n) is 6.25. The van der Waals surface area contributed by atoms with Crippen LogP contribution in [0.25, 0.3) is 0 Å². The van der Waals surface area contributed by atoms with Crippen molar-refractivity contribution < 1.29 is 14.3 Å². The largest absolute Gasteiger partial charge is 0.465 e. The first-order valence-corrected chi connectivity index (χ1v) is 6.25. The van der Waals surface area contributed by atoms with Crippen LogP contribution in [-0.2, 0) is 14.3 Å². The Labute approximate surface area is 95.5 Å². The SMILES string of the molecule is CCOC(=O)C1(N)CC2C3CCC(O3)C2C1. The summed E-state index contributed by atoms with van der Waals surface area (Å²) in [5, 5.41) is 0. The summed E-state index contributed by atoms with van der Waals surface area (Å²) in [6.45, 7) is 2.24. The van der Waals surface area contributed by atoms with E-state index in [1.807, 2.05) is 6.92 Å². The summed E-state index contributed by atoms with van der Waals surface area (Å²) >= 11 is 0. The minimum Gasteiger partial charge on any atom is -0.465 e. The molecule has 2 saturated heterocycles. The summed E-state index contributed by atoms with van der Waals surface area (Å²) in [7, 11) is 0. The van der Waals surface area contributed by atoms with Gasteiger partial charge in [-0.3, -0.25) is 4.79 Å². The summed E-state index contributed by atoms with van der Waals surface area (Å²) in [5.74, 6) is 0.769. The van der Waals surface area contributed by atoms with Gasteiger partial charge in [0.2, 0.25) is 0 Å². The lowest BCUT2D eigenvalue weighted by molar-refractivity contribution is -0.150. The fraction of sp³-hybridized carbons (Fsp3) is 0.917. The van der Waals surface area contributed by atoms with Gasteiger partial charge in [0.05, 0.1) is 18.8 Å². The molecule has 3 fully saturated rings. The number of rotatable bonds is 2. The molecule has 3 rings (SSSR count). The average Bonchev–Trinajstić information content (AvgIpc) is 2.87. The third-order valence-corrected chi connectivity index (χ3v) is 4.47. The van der Waals surface area contributed by atoms with E-state index in [4.69, 9.17) is 15.2 Å². The molecule has 4 nitrogen and oxygen atoms in total. The van der Waals surface area contributed by atoms with E-state index in [1.54, 1.807) is 0 Å². The maximum Gasteiger partial charge on any atom is 0.326 e. The Morgan fingerprint density at radius 2 is 1.94 bits per heavy atom. The van der Waals surface area contributed by atoms with E-state index in [1.165, 1.54) is 0 Å². The smallest absolute Gasteiger partial charge is 0.326 e. The van der Waals surface area contributed by atoms with Crippen LogP contribution in [0.2, 0.25) is 0 Å². The molecule has 2 bridgehead atoms. The van der Waals surface area contributed by atoms with Crippen LogP contribution < -0.4 is 5.73 Å². The van der Waals surface area contributed by atoms with E-state index in [-0.39, 0.29) is 5.97 Å². The Bertz CT molecular complexity index is 299. The number of carbonyl (C=O) groups excluding carboxylic acids is 1. The van der Waals surface area contributed by atoms with Crippen molar-refractivity contribution in [3.05, 3.63) is 0 Å². The lowest BCUT2D eigenvalue weighted by atomic mass is 9.82. The van der Waals surface area contributed by atoms with Crippen molar-refractivity contribution in [2.24, 2.45) is 17.6 Å². The fourth-order valence-electron chi connectivity index (χ4n) is 3.80. The summed E-state index contributed by atoms with van der Waals surface area (Å²) in [6.07, 6.45) is 4.50. The summed E-state index contributed by atoms with van der Waals surface area (Å²) in [5.41, 5.74) is 5.46. The second-order valence-electron chi connectivity index (χ2n) is 5.40. The first kappa shape index (κ1) is 10.5. The van der Waals surface area contributed by atoms with Crippen LogP contribution in [0.1, 0.15) is 32.6 Å². The van der Waals surface area contributed by atoms with E-state index in [9.17, 15) is 4.79 Å². The normalized spacial score (nSPS) is 49.4. The highest BCUT2D eigenvalue weighted by Gasteiger charge is 2.59. The maximum atomic E-state index is 11.8. The Morgan fingerprint density at radius 3 is 2.44 bits per heavy atom. The maximum absolute atomic E-state index is 11.8.